The van der Waals surface area contributed by atoms with Crippen LogP contribution in [0.1, 0.15) is 23.9 Å². The van der Waals surface area contributed by atoms with E-state index in [1.165, 1.54) is 0 Å². The van der Waals surface area contributed by atoms with Gasteiger partial charge in [0.2, 0.25) is 5.95 Å². The summed E-state index contributed by atoms with van der Waals surface area (Å²) in [6, 6.07) is 1.69. The van der Waals surface area contributed by atoms with Crippen LogP contribution in [0, 0.1) is 0 Å². The first-order valence-corrected chi connectivity index (χ1v) is 6.39. The van der Waals surface area contributed by atoms with Crippen molar-refractivity contribution in [3.63, 3.8) is 0 Å². The fourth-order valence-corrected chi connectivity index (χ4v) is 1.90. The van der Waals surface area contributed by atoms with Gasteiger partial charge in [0.25, 0.3) is 0 Å². The van der Waals surface area contributed by atoms with Gasteiger partial charge in [0.1, 0.15) is 10.7 Å². The van der Waals surface area contributed by atoms with Crippen molar-refractivity contribution >= 4 is 23.2 Å². The number of nitrogens with two attached hydrogens (primary N) is 1. The zero-order valence-corrected chi connectivity index (χ0v) is 11.7. The lowest BCUT2D eigenvalue weighted by Crippen LogP contribution is -2.13. The molecular formula is C12H16N6S. The Balaban J connectivity index is 2.09. The third kappa shape index (κ3) is 3.25. The molecule has 0 radical (unpaired) electrons. The molecule has 0 unspecified atom stereocenters. The van der Waals surface area contributed by atoms with Gasteiger partial charge in [-0.2, -0.15) is 5.10 Å². The summed E-state index contributed by atoms with van der Waals surface area (Å²) in [6.07, 6.45) is 4.52. The zero-order chi connectivity index (χ0) is 13.8. The van der Waals surface area contributed by atoms with Crippen LogP contribution in [0.2, 0.25) is 0 Å². The fourth-order valence-electron chi connectivity index (χ4n) is 1.78. The van der Waals surface area contributed by atoms with Gasteiger partial charge in [-0.05, 0) is 12.5 Å². The first kappa shape index (κ1) is 13.4. The monoisotopic (exact) mass is 276 g/mol. The second kappa shape index (κ2) is 5.75. The van der Waals surface area contributed by atoms with Gasteiger partial charge in [0.05, 0.1) is 5.69 Å². The van der Waals surface area contributed by atoms with E-state index in [1.54, 1.807) is 12.3 Å². The molecule has 2 aromatic heterocycles. The van der Waals surface area contributed by atoms with Crippen LogP contribution in [-0.2, 0) is 20.0 Å². The van der Waals surface area contributed by atoms with Gasteiger partial charge >= 0.3 is 0 Å². The molecule has 6 nitrogen and oxygen atoms in total. The summed E-state index contributed by atoms with van der Waals surface area (Å²) in [5, 5.41) is 7.54. The first-order chi connectivity index (χ1) is 9.10. The van der Waals surface area contributed by atoms with E-state index < -0.39 is 0 Å². The molecule has 0 fully saturated rings. The minimum atomic E-state index is 0.265. The van der Waals surface area contributed by atoms with Crippen molar-refractivity contribution in [3.8, 4) is 0 Å². The predicted molar refractivity (Wildman–Crippen MR) is 77.8 cm³/mol. The molecule has 19 heavy (non-hydrogen) atoms. The van der Waals surface area contributed by atoms with Crippen molar-refractivity contribution in [3.05, 3.63) is 35.4 Å². The number of nitrogens with one attached hydrogen (secondary N) is 1. The van der Waals surface area contributed by atoms with Gasteiger partial charge in [0.15, 0.2) is 0 Å². The summed E-state index contributed by atoms with van der Waals surface area (Å²) in [6.45, 7) is 2.70. The van der Waals surface area contributed by atoms with Crippen LogP contribution in [0.3, 0.4) is 0 Å². The summed E-state index contributed by atoms with van der Waals surface area (Å²) in [5.74, 6) is 0.510. The first-order valence-electron chi connectivity index (χ1n) is 5.98. The van der Waals surface area contributed by atoms with Crippen LogP contribution < -0.4 is 11.1 Å². The smallest absolute Gasteiger partial charge is 0.223 e. The number of aromatic nitrogens is 4. The summed E-state index contributed by atoms with van der Waals surface area (Å²) >= 11 is 4.89. The fraction of sp³-hybridized carbons (Fsp3) is 0.333. The van der Waals surface area contributed by atoms with E-state index in [2.05, 4.69) is 27.3 Å². The maximum atomic E-state index is 5.54. The molecule has 0 atom stereocenters. The van der Waals surface area contributed by atoms with Crippen LogP contribution in [-0.4, -0.2) is 24.7 Å². The van der Waals surface area contributed by atoms with Gasteiger partial charge in [-0.15, -0.1) is 0 Å². The number of rotatable bonds is 5. The van der Waals surface area contributed by atoms with Crippen LogP contribution in [0.5, 0.6) is 0 Å². The average Bonchev–Trinajstić information content (AvgIpc) is 2.77. The SMILES string of the molecule is CCc1nn(C)cc1CNc1nccc(C(N)=S)n1. The van der Waals surface area contributed by atoms with Gasteiger partial charge < -0.3 is 11.1 Å². The highest BCUT2D eigenvalue weighted by Gasteiger charge is 2.07. The summed E-state index contributed by atoms with van der Waals surface area (Å²) in [4.78, 5) is 8.63. The maximum Gasteiger partial charge on any atom is 0.223 e. The Labute approximate surface area is 117 Å². The number of aryl methyl sites for hydroxylation is 2. The van der Waals surface area contributed by atoms with Crippen LogP contribution in [0.25, 0.3) is 0 Å². The minimum Gasteiger partial charge on any atom is -0.388 e. The molecule has 0 saturated heterocycles. The molecule has 3 N–H and O–H groups in total. The molecule has 0 amide bonds. The lowest BCUT2D eigenvalue weighted by molar-refractivity contribution is 0.746. The lowest BCUT2D eigenvalue weighted by atomic mass is 10.2. The van der Waals surface area contributed by atoms with Crippen molar-refractivity contribution in [1.82, 2.24) is 19.7 Å². The van der Waals surface area contributed by atoms with Gasteiger partial charge in [-0.3, -0.25) is 4.68 Å². The Morgan fingerprint density at radius 1 is 1.53 bits per heavy atom. The normalized spacial score (nSPS) is 10.4. The Morgan fingerprint density at radius 3 is 3.00 bits per heavy atom. The molecule has 2 aromatic rings. The highest BCUT2D eigenvalue weighted by molar-refractivity contribution is 7.80. The second-order valence-electron chi connectivity index (χ2n) is 4.11. The Morgan fingerprint density at radius 2 is 2.32 bits per heavy atom. The standard InChI is InChI=1S/C12H16N6S/c1-3-9-8(7-18(2)17-9)6-15-12-14-5-4-10(16-12)11(13)19/h4-5,7H,3,6H2,1-2H3,(H2,13,19)(H,14,15,16). The van der Waals surface area contributed by atoms with Crippen molar-refractivity contribution in [2.45, 2.75) is 19.9 Å². The average molecular weight is 276 g/mol. The summed E-state index contributed by atoms with van der Waals surface area (Å²) in [7, 11) is 1.91. The van der Waals surface area contributed by atoms with Gasteiger partial charge in [0, 0.05) is 31.5 Å². The van der Waals surface area contributed by atoms with Crippen LogP contribution in [0.15, 0.2) is 18.5 Å². The third-order valence-corrected chi connectivity index (χ3v) is 2.88. The molecule has 0 aliphatic rings. The van der Waals surface area contributed by atoms with Crippen LogP contribution >= 0.6 is 12.2 Å². The Bertz CT molecular complexity index is 592. The van der Waals surface area contributed by atoms with E-state index >= 15 is 0 Å². The molecule has 0 bridgehead atoms. The van der Waals surface area contributed by atoms with Crippen molar-refractivity contribution < 1.29 is 0 Å². The number of hydrogen-bond donors (Lipinski definition) is 2. The Hall–Kier alpha value is -2.02. The highest BCUT2D eigenvalue weighted by atomic mass is 32.1. The Kier molecular flexibility index (Phi) is 4.06. The number of thiocarbonyl (C=S) groups is 1. The molecule has 0 saturated carbocycles. The molecule has 0 aromatic carbocycles. The van der Waals surface area contributed by atoms with E-state index in [1.807, 2.05) is 17.9 Å². The second-order valence-corrected chi connectivity index (χ2v) is 4.55. The summed E-state index contributed by atoms with van der Waals surface area (Å²) in [5.41, 5.74) is 8.31. The number of hydrogen-bond acceptors (Lipinski definition) is 5. The topological polar surface area (TPSA) is 81.7 Å². The summed E-state index contributed by atoms with van der Waals surface area (Å²) < 4.78 is 1.81. The van der Waals surface area contributed by atoms with Crippen molar-refractivity contribution in [2.75, 3.05) is 5.32 Å². The molecule has 2 heterocycles. The van der Waals surface area contributed by atoms with E-state index in [0.717, 1.165) is 17.7 Å². The molecule has 100 valence electrons. The highest BCUT2D eigenvalue weighted by Crippen LogP contribution is 2.09. The van der Waals surface area contributed by atoms with E-state index in [0.29, 0.717) is 18.2 Å². The number of nitrogens with zero attached hydrogens (tertiary/aromatic N) is 4. The molecule has 0 aliphatic heterocycles. The van der Waals surface area contributed by atoms with Gasteiger partial charge in [-0.1, -0.05) is 19.1 Å². The van der Waals surface area contributed by atoms with E-state index in [-0.39, 0.29) is 4.99 Å². The largest absolute Gasteiger partial charge is 0.388 e. The van der Waals surface area contributed by atoms with Crippen LogP contribution in [0.4, 0.5) is 5.95 Å². The maximum absolute atomic E-state index is 5.54. The lowest BCUT2D eigenvalue weighted by Gasteiger charge is -2.05. The molecule has 0 spiro atoms. The molecule has 2 rings (SSSR count). The quantitative estimate of drug-likeness (QED) is 0.794. The van der Waals surface area contributed by atoms with E-state index in [4.69, 9.17) is 18.0 Å². The molecule has 7 heteroatoms. The van der Waals surface area contributed by atoms with Crippen molar-refractivity contribution in [2.24, 2.45) is 12.8 Å². The van der Waals surface area contributed by atoms with Gasteiger partial charge in [-0.25, -0.2) is 9.97 Å². The van der Waals surface area contributed by atoms with E-state index in [9.17, 15) is 0 Å². The zero-order valence-electron chi connectivity index (χ0n) is 10.9. The minimum absolute atomic E-state index is 0.265. The number of anilines is 1. The predicted octanol–water partition coefficient (Wildman–Crippen LogP) is 1.02. The van der Waals surface area contributed by atoms with Crippen molar-refractivity contribution in [1.29, 1.82) is 0 Å². The third-order valence-electron chi connectivity index (χ3n) is 2.67. The molecular weight excluding hydrogens is 260 g/mol. The molecule has 0 aliphatic carbocycles.